The van der Waals surface area contributed by atoms with E-state index < -0.39 is 29.6 Å². The number of aromatic nitrogens is 3. The average Bonchev–Trinajstić information content (AvgIpc) is 3.51. The largest absolute Gasteiger partial charge is 0.368 e. The van der Waals surface area contributed by atoms with Crippen LogP contribution in [-0.4, -0.2) is 63.9 Å². The lowest BCUT2D eigenvalue weighted by Crippen LogP contribution is -2.46. The number of rotatable bonds is 6. The van der Waals surface area contributed by atoms with Crippen LogP contribution in [0.2, 0.25) is 0 Å². The molecule has 3 fully saturated rings. The lowest BCUT2D eigenvalue weighted by molar-refractivity contribution is 0.0911. The van der Waals surface area contributed by atoms with E-state index in [2.05, 4.69) is 30.1 Å². The van der Waals surface area contributed by atoms with Crippen LogP contribution in [0.15, 0.2) is 35.3 Å². The molecule has 3 aromatic rings. The van der Waals surface area contributed by atoms with E-state index in [1.54, 1.807) is 24.4 Å². The highest BCUT2D eigenvalue weighted by Crippen LogP contribution is 2.54. The summed E-state index contributed by atoms with van der Waals surface area (Å²) in [6, 6.07) is 7.07. The number of pyridine rings is 1. The lowest BCUT2D eigenvalue weighted by atomic mass is 9.93. The van der Waals surface area contributed by atoms with Crippen LogP contribution in [0.5, 0.6) is 0 Å². The van der Waals surface area contributed by atoms with Crippen molar-refractivity contribution in [2.24, 2.45) is 0 Å². The summed E-state index contributed by atoms with van der Waals surface area (Å²) in [5, 5.41) is 2.99. The summed E-state index contributed by atoms with van der Waals surface area (Å²) in [5.41, 5.74) is 0.860. The minimum atomic E-state index is -2.92. The van der Waals surface area contributed by atoms with Gasteiger partial charge < -0.3 is 15.2 Å². The number of carbonyl (C=O) groups excluding carboxylic acids is 1. The Hall–Kier alpha value is -3.47. The van der Waals surface area contributed by atoms with Crippen LogP contribution in [0.3, 0.4) is 0 Å². The second-order valence-electron chi connectivity index (χ2n) is 10.2. The molecule has 1 atom stereocenters. The fourth-order valence-corrected chi connectivity index (χ4v) is 4.97. The smallest absolute Gasteiger partial charge is 0.270 e. The van der Waals surface area contributed by atoms with E-state index in [1.807, 2.05) is 6.07 Å². The molecular formula is C26H27F3N6O2. The van der Waals surface area contributed by atoms with Gasteiger partial charge in [-0.05, 0) is 37.5 Å². The van der Waals surface area contributed by atoms with Crippen molar-refractivity contribution < 1.29 is 18.0 Å². The highest BCUT2D eigenvalue weighted by atomic mass is 19.3. The van der Waals surface area contributed by atoms with Gasteiger partial charge in [0.15, 0.2) is 5.82 Å². The second kappa shape index (κ2) is 9.13. The Morgan fingerprint density at radius 1 is 1.14 bits per heavy atom. The van der Waals surface area contributed by atoms with Gasteiger partial charge >= 0.3 is 0 Å². The maximum absolute atomic E-state index is 15.2. The molecule has 194 valence electrons. The molecule has 8 nitrogen and oxygen atoms in total. The standard InChI is InChI=1S/C26H27F3N6O2/c27-21-15(4-6-19-23(21)33-25(37)22(32-19)18-12-26(18,28)29)14-34-8-10-35(11-9-34)17-5-7-20(30-13-17)24(36)31-16-2-1-3-16/h4-7,13,16,18H,1-3,8-12,14H2,(H,31,36)(H,33,37)/t18-/m0/s1. The number of halogens is 3. The Labute approximate surface area is 210 Å². The molecule has 37 heavy (non-hydrogen) atoms. The first-order chi connectivity index (χ1) is 17.8. The number of nitrogens with zero attached hydrogens (tertiary/aromatic N) is 4. The van der Waals surface area contributed by atoms with Gasteiger partial charge in [0.05, 0.1) is 23.3 Å². The molecule has 2 saturated carbocycles. The summed E-state index contributed by atoms with van der Waals surface area (Å²) in [6.45, 7) is 3.14. The number of piperazine rings is 1. The van der Waals surface area contributed by atoms with Gasteiger partial charge in [-0.3, -0.25) is 14.5 Å². The number of carbonyl (C=O) groups is 1. The normalized spacial score (nSPS) is 21.6. The van der Waals surface area contributed by atoms with Crippen LogP contribution >= 0.6 is 0 Å². The summed E-state index contributed by atoms with van der Waals surface area (Å²) in [6.07, 6.45) is 4.50. The molecule has 2 aromatic heterocycles. The number of aromatic amines is 1. The van der Waals surface area contributed by atoms with E-state index in [0.29, 0.717) is 44.0 Å². The third-order valence-corrected chi connectivity index (χ3v) is 7.62. The summed E-state index contributed by atoms with van der Waals surface area (Å²) in [5.74, 6) is -4.85. The first kappa shape index (κ1) is 23.9. The Balaban J connectivity index is 1.08. The minimum absolute atomic E-state index is 0.0543. The van der Waals surface area contributed by atoms with Gasteiger partial charge in [-0.15, -0.1) is 0 Å². The fraction of sp³-hybridized carbons (Fsp3) is 0.462. The van der Waals surface area contributed by atoms with Crippen LogP contribution in [0.25, 0.3) is 11.0 Å². The molecule has 1 aliphatic heterocycles. The van der Waals surface area contributed by atoms with Crippen molar-refractivity contribution in [3.05, 3.63) is 63.6 Å². The van der Waals surface area contributed by atoms with Crippen molar-refractivity contribution in [3.8, 4) is 0 Å². The summed E-state index contributed by atoms with van der Waals surface area (Å²) in [7, 11) is 0. The number of hydrogen-bond donors (Lipinski definition) is 2. The number of nitrogens with one attached hydrogen (secondary N) is 2. The highest BCUT2D eigenvalue weighted by Gasteiger charge is 2.59. The van der Waals surface area contributed by atoms with Gasteiger partial charge in [0.25, 0.3) is 17.4 Å². The highest BCUT2D eigenvalue weighted by molar-refractivity contribution is 5.92. The topological polar surface area (TPSA) is 94.2 Å². The monoisotopic (exact) mass is 512 g/mol. The maximum atomic E-state index is 15.2. The molecule has 1 aromatic carbocycles. The molecule has 0 spiro atoms. The summed E-state index contributed by atoms with van der Waals surface area (Å²) < 4.78 is 42.0. The van der Waals surface area contributed by atoms with Crippen molar-refractivity contribution in [2.45, 2.75) is 50.1 Å². The van der Waals surface area contributed by atoms with E-state index in [4.69, 9.17) is 0 Å². The number of H-pyrrole nitrogens is 1. The van der Waals surface area contributed by atoms with Crippen LogP contribution in [0, 0.1) is 5.82 Å². The van der Waals surface area contributed by atoms with Crippen LogP contribution < -0.4 is 15.8 Å². The number of benzene rings is 1. The minimum Gasteiger partial charge on any atom is -0.368 e. The zero-order chi connectivity index (χ0) is 25.7. The number of hydrogen-bond acceptors (Lipinski definition) is 6. The van der Waals surface area contributed by atoms with Crippen LogP contribution in [-0.2, 0) is 6.54 Å². The van der Waals surface area contributed by atoms with Gasteiger partial charge in [0, 0.05) is 50.7 Å². The molecule has 2 N–H and O–H groups in total. The molecule has 1 amide bonds. The first-order valence-electron chi connectivity index (χ1n) is 12.6. The van der Waals surface area contributed by atoms with Gasteiger partial charge in [-0.25, -0.2) is 23.1 Å². The molecule has 3 heterocycles. The number of alkyl halides is 2. The van der Waals surface area contributed by atoms with Gasteiger partial charge in [-0.1, -0.05) is 6.07 Å². The third-order valence-electron chi connectivity index (χ3n) is 7.62. The molecule has 1 saturated heterocycles. The molecule has 6 rings (SSSR count). The number of fused-ring (bicyclic) bond motifs is 1. The third kappa shape index (κ3) is 4.68. The second-order valence-corrected chi connectivity index (χ2v) is 10.2. The lowest BCUT2D eigenvalue weighted by Gasteiger charge is -2.36. The van der Waals surface area contributed by atoms with E-state index in [0.717, 1.165) is 24.9 Å². The Bertz CT molecular complexity index is 1400. The molecule has 0 unspecified atom stereocenters. The van der Waals surface area contributed by atoms with Gasteiger partial charge in [-0.2, -0.15) is 0 Å². The van der Waals surface area contributed by atoms with Crippen LogP contribution in [0.1, 0.15) is 53.3 Å². The fourth-order valence-electron chi connectivity index (χ4n) is 4.97. The van der Waals surface area contributed by atoms with Crippen molar-refractivity contribution >= 4 is 22.6 Å². The molecular weight excluding hydrogens is 485 g/mol. The summed E-state index contributed by atoms with van der Waals surface area (Å²) in [4.78, 5) is 39.7. The van der Waals surface area contributed by atoms with Crippen molar-refractivity contribution in [2.75, 3.05) is 31.1 Å². The Kier molecular flexibility index (Phi) is 5.89. The molecule has 11 heteroatoms. The van der Waals surface area contributed by atoms with Gasteiger partial charge in [0.2, 0.25) is 0 Å². The molecule has 3 aliphatic rings. The molecule has 2 aliphatic carbocycles. The average molecular weight is 513 g/mol. The van der Waals surface area contributed by atoms with E-state index in [1.165, 1.54) is 0 Å². The Morgan fingerprint density at radius 3 is 2.51 bits per heavy atom. The maximum Gasteiger partial charge on any atom is 0.270 e. The van der Waals surface area contributed by atoms with Crippen molar-refractivity contribution in [1.82, 2.24) is 25.2 Å². The number of amides is 1. The van der Waals surface area contributed by atoms with Crippen molar-refractivity contribution in [3.63, 3.8) is 0 Å². The molecule has 0 bridgehead atoms. The quantitative estimate of drug-likeness (QED) is 0.527. The predicted octanol–water partition coefficient (Wildman–Crippen LogP) is 3.18. The van der Waals surface area contributed by atoms with E-state index >= 15 is 4.39 Å². The zero-order valence-corrected chi connectivity index (χ0v) is 20.1. The predicted molar refractivity (Wildman–Crippen MR) is 131 cm³/mol. The molecule has 0 radical (unpaired) electrons. The SMILES string of the molecule is O=C(NC1CCC1)c1ccc(N2CCN(Cc3ccc4nc([C@@H]5CC5(F)F)c(=O)[nH]c4c3F)CC2)cn1. The van der Waals surface area contributed by atoms with Gasteiger partial charge in [0.1, 0.15) is 16.9 Å². The van der Waals surface area contributed by atoms with Crippen LogP contribution in [0.4, 0.5) is 18.9 Å². The van der Waals surface area contributed by atoms with E-state index in [9.17, 15) is 18.4 Å². The van der Waals surface area contributed by atoms with Crippen molar-refractivity contribution in [1.29, 1.82) is 0 Å². The zero-order valence-electron chi connectivity index (χ0n) is 20.1. The van der Waals surface area contributed by atoms with E-state index in [-0.39, 0.29) is 28.7 Å². The Morgan fingerprint density at radius 2 is 1.89 bits per heavy atom. The first-order valence-corrected chi connectivity index (χ1v) is 12.6. The summed E-state index contributed by atoms with van der Waals surface area (Å²) >= 11 is 0. The number of anilines is 1.